The monoisotopic (exact) mass is 223 g/mol. The molecule has 0 radical (unpaired) electrons. The van der Waals surface area contributed by atoms with Gasteiger partial charge in [-0.3, -0.25) is 0 Å². The number of rotatable bonds is 1. The zero-order valence-corrected chi connectivity index (χ0v) is 8.68. The van der Waals surface area contributed by atoms with E-state index in [4.69, 9.17) is 5.73 Å². The van der Waals surface area contributed by atoms with Crippen molar-refractivity contribution in [1.82, 2.24) is 25.4 Å². The van der Waals surface area contributed by atoms with Crippen molar-refractivity contribution in [2.75, 3.05) is 36.8 Å². The number of piperazine rings is 1. The highest BCUT2D eigenvalue weighted by molar-refractivity contribution is 5.77. The van der Waals surface area contributed by atoms with Crippen LogP contribution in [0.25, 0.3) is 0 Å². The molecule has 3 heterocycles. The second-order valence-corrected chi connectivity index (χ2v) is 4.00. The first-order valence-electron chi connectivity index (χ1n) is 5.21. The molecular weight excluding hydrogens is 210 g/mol. The fourth-order valence-electron chi connectivity index (χ4n) is 2.19. The molecule has 86 valence electrons. The number of carbonyl (C=O) groups is 1. The third kappa shape index (κ3) is 1.34. The fourth-order valence-corrected chi connectivity index (χ4v) is 2.19. The molecule has 2 saturated heterocycles. The predicted molar refractivity (Wildman–Crippen MR) is 56.9 cm³/mol. The van der Waals surface area contributed by atoms with Gasteiger partial charge in [0.25, 0.3) is 0 Å². The minimum atomic E-state index is 0.0270. The van der Waals surface area contributed by atoms with Crippen LogP contribution in [0.5, 0.6) is 0 Å². The number of H-pyrrole nitrogens is 1. The van der Waals surface area contributed by atoms with Gasteiger partial charge in [-0.25, -0.2) is 9.89 Å². The molecule has 0 aliphatic carbocycles. The smallest absolute Gasteiger partial charge is 0.317 e. The average molecular weight is 223 g/mol. The highest BCUT2D eigenvalue weighted by Crippen LogP contribution is 2.18. The van der Waals surface area contributed by atoms with Crippen LogP contribution in [0.1, 0.15) is 0 Å². The first kappa shape index (κ1) is 9.25. The number of amides is 2. The largest absolute Gasteiger partial charge is 0.368 e. The molecule has 0 saturated carbocycles. The second-order valence-electron chi connectivity index (χ2n) is 4.00. The molecule has 3 rings (SSSR count). The van der Waals surface area contributed by atoms with Crippen LogP contribution in [0.2, 0.25) is 0 Å². The minimum Gasteiger partial charge on any atom is -0.368 e. The summed E-state index contributed by atoms with van der Waals surface area (Å²) in [7, 11) is 0. The van der Waals surface area contributed by atoms with E-state index in [0.717, 1.165) is 13.1 Å². The molecule has 8 nitrogen and oxygen atoms in total. The van der Waals surface area contributed by atoms with E-state index in [-0.39, 0.29) is 12.1 Å². The third-order valence-corrected chi connectivity index (χ3v) is 3.01. The summed E-state index contributed by atoms with van der Waals surface area (Å²) < 4.78 is 0. The Balaban J connectivity index is 1.75. The van der Waals surface area contributed by atoms with Gasteiger partial charge in [-0.05, 0) is 0 Å². The van der Waals surface area contributed by atoms with Crippen molar-refractivity contribution < 1.29 is 4.79 Å². The van der Waals surface area contributed by atoms with Gasteiger partial charge >= 0.3 is 6.03 Å². The van der Waals surface area contributed by atoms with Crippen molar-refractivity contribution in [2.45, 2.75) is 6.04 Å². The average Bonchev–Trinajstić information content (AvgIpc) is 2.86. The molecule has 1 atom stereocenters. The van der Waals surface area contributed by atoms with Crippen LogP contribution in [-0.4, -0.2) is 58.3 Å². The van der Waals surface area contributed by atoms with E-state index in [1.165, 1.54) is 0 Å². The van der Waals surface area contributed by atoms with Gasteiger partial charge < -0.3 is 20.9 Å². The molecule has 16 heavy (non-hydrogen) atoms. The Kier molecular flexibility index (Phi) is 1.88. The van der Waals surface area contributed by atoms with Crippen molar-refractivity contribution in [2.24, 2.45) is 0 Å². The van der Waals surface area contributed by atoms with E-state index in [9.17, 15) is 4.79 Å². The summed E-state index contributed by atoms with van der Waals surface area (Å²) in [5, 5.41) is 9.45. The van der Waals surface area contributed by atoms with Gasteiger partial charge in [0.05, 0.1) is 6.04 Å². The van der Waals surface area contributed by atoms with E-state index in [1.54, 1.807) is 0 Å². The number of nitrogens with one attached hydrogen (secondary N) is 2. The topological polar surface area (TPSA) is 103 Å². The summed E-state index contributed by atoms with van der Waals surface area (Å²) in [5.41, 5.74) is 5.48. The molecular formula is C8H13N7O. The van der Waals surface area contributed by atoms with Gasteiger partial charge in [-0.1, -0.05) is 0 Å². The quantitative estimate of drug-likeness (QED) is 0.543. The molecule has 2 aliphatic rings. The number of urea groups is 1. The van der Waals surface area contributed by atoms with Crippen LogP contribution in [-0.2, 0) is 0 Å². The maximum absolute atomic E-state index is 11.4. The van der Waals surface area contributed by atoms with Gasteiger partial charge in [0, 0.05) is 26.2 Å². The molecule has 0 bridgehead atoms. The Hall–Kier alpha value is -1.99. The van der Waals surface area contributed by atoms with Crippen molar-refractivity contribution in [3.8, 4) is 0 Å². The highest BCUT2D eigenvalue weighted by Gasteiger charge is 2.36. The van der Waals surface area contributed by atoms with Gasteiger partial charge in [-0.2, -0.15) is 4.98 Å². The first-order valence-corrected chi connectivity index (χ1v) is 5.21. The summed E-state index contributed by atoms with van der Waals surface area (Å²) in [6.07, 6.45) is 0. The Morgan fingerprint density at radius 2 is 2.31 bits per heavy atom. The molecule has 2 fully saturated rings. The van der Waals surface area contributed by atoms with Crippen LogP contribution in [0, 0.1) is 0 Å². The standard InChI is InChI=1S/C8H13N7O/c9-6-11-7(13-12-6)14-1-2-15-5(4-14)3-10-8(15)16/h5H,1-4H2,(H,10,16)(H3,9,11,12,13). The Morgan fingerprint density at radius 3 is 3.06 bits per heavy atom. The summed E-state index contributed by atoms with van der Waals surface area (Å²) in [6, 6.07) is 0.236. The molecule has 0 spiro atoms. The van der Waals surface area contributed by atoms with E-state index in [2.05, 4.69) is 20.5 Å². The Bertz CT molecular complexity index is 416. The summed E-state index contributed by atoms with van der Waals surface area (Å²) in [4.78, 5) is 19.4. The number of hydrogen-bond donors (Lipinski definition) is 3. The number of aromatic amines is 1. The lowest BCUT2D eigenvalue weighted by Gasteiger charge is -2.35. The van der Waals surface area contributed by atoms with Gasteiger partial charge in [0.2, 0.25) is 11.9 Å². The van der Waals surface area contributed by atoms with Gasteiger partial charge in [0.1, 0.15) is 0 Å². The van der Waals surface area contributed by atoms with Crippen molar-refractivity contribution in [1.29, 1.82) is 0 Å². The van der Waals surface area contributed by atoms with Crippen LogP contribution >= 0.6 is 0 Å². The molecule has 1 aromatic rings. The molecule has 4 N–H and O–H groups in total. The van der Waals surface area contributed by atoms with Gasteiger partial charge in [0.15, 0.2) is 0 Å². The van der Waals surface area contributed by atoms with E-state index < -0.39 is 0 Å². The Labute approximate surface area is 91.8 Å². The van der Waals surface area contributed by atoms with Crippen molar-refractivity contribution in [3.63, 3.8) is 0 Å². The molecule has 2 amide bonds. The van der Waals surface area contributed by atoms with Crippen LogP contribution in [0.4, 0.5) is 16.7 Å². The maximum Gasteiger partial charge on any atom is 0.317 e. The summed E-state index contributed by atoms with van der Waals surface area (Å²) in [6.45, 7) is 2.87. The maximum atomic E-state index is 11.4. The molecule has 1 aromatic heterocycles. The lowest BCUT2D eigenvalue weighted by atomic mass is 10.2. The van der Waals surface area contributed by atoms with Crippen LogP contribution in [0.3, 0.4) is 0 Å². The predicted octanol–water partition coefficient (Wildman–Crippen LogP) is -1.40. The zero-order valence-electron chi connectivity index (χ0n) is 8.68. The van der Waals surface area contributed by atoms with E-state index >= 15 is 0 Å². The third-order valence-electron chi connectivity index (χ3n) is 3.01. The van der Waals surface area contributed by atoms with Crippen molar-refractivity contribution in [3.05, 3.63) is 0 Å². The van der Waals surface area contributed by atoms with E-state index in [1.807, 2.05) is 9.80 Å². The number of nitrogens with two attached hydrogens (primary N) is 1. The molecule has 2 aliphatic heterocycles. The highest BCUT2D eigenvalue weighted by atomic mass is 16.2. The van der Waals surface area contributed by atoms with Crippen LogP contribution in [0.15, 0.2) is 0 Å². The number of fused-ring (bicyclic) bond motifs is 1. The summed E-state index contributed by atoms with van der Waals surface area (Å²) >= 11 is 0. The number of carbonyl (C=O) groups excluding carboxylic acids is 1. The number of aromatic nitrogens is 3. The number of anilines is 2. The fraction of sp³-hybridized carbons (Fsp3) is 0.625. The minimum absolute atomic E-state index is 0.0270. The number of nitrogens with zero attached hydrogens (tertiary/aromatic N) is 4. The van der Waals surface area contributed by atoms with Crippen molar-refractivity contribution >= 4 is 17.9 Å². The van der Waals surface area contributed by atoms with E-state index in [0.29, 0.717) is 25.0 Å². The SMILES string of the molecule is Nc1nc(N2CCN3C(=O)NCC3C2)n[nH]1. The Morgan fingerprint density at radius 1 is 1.44 bits per heavy atom. The molecule has 8 heteroatoms. The van der Waals surface area contributed by atoms with Gasteiger partial charge in [-0.15, -0.1) is 5.10 Å². The lowest BCUT2D eigenvalue weighted by Crippen LogP contribution is -2.52. The number of nitrogen functional groups attached to an aromatic ring is 1. The molecule has 1 unspecified atom stereocenters. The molecule has 0 aromatic carbocycles. The lowest BCUT2D eigenvalue weighted by molar-refractivity contribution is 0.197. The number of hydrogen-bond acceptors (Lipinski definition) is 5. The second kappa shape index (κ2) is 3.26. The normalized spacial score (nSPS) is 24.5. The first-order chi connectivity index (χ1) is 7.74. The summed E-state index contributed by atoms with van der Waals surface area (Å²) in [5.74, 6) is 0.926. The zero-order chi connectivity index (χ0) is 11.1. The van der Waals surface area contributed by atoms with Crippen LogP contribution < -0.4 is 16.0 Å².